The van der Waals surface area contributed by atoms with Gasteiger partial charge in [0.1, 0.15) is 0 Å². The molecule has 21 heavy (non-hydrogen) atoms. The molecule has 1 amide bonds. The Morgan fingerprint density at radius 3 is 2.71 bits per heavy atom. The Kier molecular flexibility index (Phi) is 5.17. The fourth-order valence-electron chi connectivity index (χ4n) is 4.55. The first-order valence-corrected chi connectivity index (χ1v) is 8.98. The molecule has 0 aromatic rings. The summed E-state index contributed by atoms with van der Waals surface area (Å²) in [4.78, 5) is 14.7. The highest BCUT2D eigenvalue weighted by Gasteiger charge is 2.36. The summed E-state index contributed by atoms with van der Waals surface area (Å²) in [5.74, 6) is 0.253. The number of carbonyl (C=O) groups excluding carboxylic acids is 1. The van der Waals surface area contributed by atoms with E-state index in [9.17, 15) is 4.79 Å². The molecule has 1 aliphatic carbocycles. The van der Waals surface area contributed by atoms with Gasteiger partial charge in [-0.05, 0) is 57.0 Å². The Morgan fingerprint density at radius 2 is 1.95 bits per heavy atom. The molecule has 0 bridgehead atoms. The lowest BCUT2D eigenvalue weighted by Gasteiger charge is -2.45. The largest absolute Gasteiger partial charge is 0.352 e. The zero-order valence-corrected chi connectivity index (χ0v) is 13.3. The van der Waals surface area contributed by atoms with E-state index in [1.54, 1.807) is 0 Å². The third-order valence-electron chi connectivity index (χ3n) is 5.64. The van der Waals surface area contributed by atoms with E-state index in [1.165, 1.54) is 64.3 Å². The third-order valence-corrected chi connectivity index (χ3v) is 5.64. The molecule has 3 aliphatic rings. The summed E-state index contributed by atoms with van der Waals surface area (Å²) in [6, 6.07) is 0.446. The lowest BCUT2D eigenvalue weighted by molar-refractivity contribution is -0.124. The van der Waals surface area contributed by atoms with E-state index in [4.69, 9.17) is 0 Å². The lowest BCUT2D eigenvalue weighted by atomic mass is 9.74. The van der Waals surface area contributed by atoms with Crippen LogP contribution in [-0.2, 0) is 4.79 Å². The lowest BCUT2D eigenvalue weighted by Crippen LogP contribution is -2.53. The van der Waals surface area contributed by atoms with Crippen molar-refractivity contribution in [1.29, 1.82) is 0 Å². The third kappa shape index (κ3) is 4.19. The summed E-state index contributed by atoms with van der Waals surface area (Å²) < 4.78 is 0. The molecule has 1 spiro atoms. The van der Waals surface area contributed by atoms with Gasteiger partial charge in [0.15, 0.2) is 0 Å². The van der Waals surface area contributed by atoms with Gasteiger partial charge in [-0.15, -0.1) is 0 Å². The fourth-order valence-corrected chi connectivity index (χ4v) is 4.55. The minimum atomic E-state index is 0.253. The maximum atomic E-state index is 12.3. The number of amides is 1. The van der Waals surface area contributed by atoms with Crippen LogP contribution in [0.15, 0.2) is 0 Å². The number of carbonyl (C=O) groups is 1. The molecule has 2 saturated heterocycles. The van der Waals surface area contributed by atoms with Gasteiger partial charge in [0.25, 0.3) is 0 Å². The summed E-state index contributed by atoms with van der Waals surface area (Å²) in [6.45, 7) is 5.13. The molecule has 3 fully saturated rings. The Hall–Kier alpha value is -0.610. The molecular weight excluding hydrogens is 262 g/mol. The highest BCUT2D eigenvalue weighted by molar-refractivity contribution is 5.78. The number of hydrogen-bond acceptors (Lipinski definition) is 3. The topological polar surface area (TPSA) is 44.4 Å². The first kappa shape index (κ1) is 15.3. The van der Waals surface area contributed by atoms with Crippen LogP contribution in [0.2, 0.25) is 0 Å². The maximum Gasteiger partial charge on any atom is 0.234 e. The Balaban J connectivity index is 1.46. The molecule has 2 heterocycles. The molecular formula is C17H31N3O. The van der Waals surface area contributed by atoms with Crippen LogP contribution in [0.3, 0.4) is 0 Å². The average Bonchev–Trinajstić information content (AvgIpc) is 2.49. The van der Waals surface area contributed by atoms with E-state index in [0.717, 1.165) is 19.6 Å². The number of rotatable bonds is 3. The van der Waals surface area contributed by atoms with Crippen LogP contribution in [0.4, 0.5) is 0 Å². The monoisotopic (exact) mass is 293 g/mol. The first-order valence-electron chi connectivity index (χ1n) is 8.98. The van der Waals surface area contributed by atoms with Gasteiger partial charge in [-0.25, -0.2) is 0 Å². The normalized spacial score (nSPS) is 32.2. The number of hydrogen-bond donors (Lipinski definition) is 2. The summed E-state index contributed by atoms with van der Waals surface area (Å²) in [6.07, 6.45) is 11.5. The SMILES string of the molecule is O=C(CN1CCCC2(CCCNC2)C1)NC1CCCCC1. The van der Waals surface area contributed by atoms with E-state index >= 15 is 0 Å². The van der Waals surface area contributed by atoms with Gasteiger partial charge in [0.2, 0.25) is 5.91 Å². The van der Waals surface area contributed by atoms with E-state index in [2.05, 4.69) is 15.5 Å². The van der Waals surface area contributed by atoms with Crippen LogP contribution in [0.5, 0.6) is 0 Å². The molecule has 0 aromatic heterocycles. The predicted octanol–water partition coefficient (Wildman–Crippen LogP) is 1.90. The van der Waals surface area contributed by atoms with Crippen LogP contribution < -0.4 is 10.6 Å². The molecule has 1 unspecified atom stereocenters. The van der Waals surface area contributed by atoms with E-state index in [0.29, 0.717) is 18.0 Å². The zero-order chi connectivity index (χ0) is 14.5. The summed E-state index contributed by atoms with van der Waals surface area (Å²) in [5.41, 5.74) is 0.446. The Bertz CT molecular complexity index is 340. The highest BCUT2D eigenvalue weighted by Crippen LogP contribution is 2.35. The smallest absolute Gasteiger partial charge is 0.234 e. The standard InChI is InChI=1S/C17H31N3O/c21-16(19-15-6-2-1-3-7-15)12-20-11-5-9-17(14-20)8-4-10-18-13-17/h15,18H,1-14H2,(H,19,21). The summed E-state index contributed by atoms with van der Waals surface area (Å²) in [5, 5.41) is 6.82. The van der Waals surface area contributed by atoms with E-state index in [-0.39, 0.29) is 5.91 Å². The minimum Gasteiger partial charge on any atom is -0.352 e. The van der Waals surface area contributed by atoms with Crippen molar-refractivity contribution in [2.75, 3.05) is 32.7 Å². The van der Waals surface area contributed by atoms with Gasteiger partial charge in [0, 0.05) is 19.1 Å². The molecule has 1 atom stereocenters. The second-order valence-electron chi connectivity index (χ2n) is 7.50. The van der Waals surface area contributed by atoms with Gasteiger partial charge in [0.05, 0.1) is 6.54 Å². The maximum absolute atomic E-state index is 12.3. The molecule has 0 radical (unpaired) electrons. The second-order valence-corrected chi connectivity index (χ2v) is 7.50. The van der Waals surface area contributed by atoms with Gasteiger partial charge in [-0.1, -0.05) is 19.3 Å². The molecule has 2 N–H and O–H groups in total. The average molecular weight is 293 g/mol. The van der Waals surface area contributed by atoms with Gasteiger partial charge in [-0.2, -0.15) is 0 Å². The molecule has 4 heteroatoms. The predicted molar refractivity (Wildman–Crippen MR) is 85.2 cm³/mol. The van der Waals surface area contributed by atoms with Crippen molar-refractivity contribution in [3.05, 3.63) is 0 Å². The van der Waals surface area contributed by atoms with Crippen molar-refractivity contribution >= 4 is 5.91 Å². The number of nitrogens with one attached hydrogen (secondary N) is 2. The van der Waals surface area contributed by atoms with Crippen LogP contribution >= 0.6 is 0 Å². The zero-order valence-electron chi connectivity index (χ0n) is 13.3. The molecule has 3 rings (SSSR count). The van der Waals surface area contributed by atoms with Crippen molar-refractivity contribution in [1.82, 2.24) is 15.5 Å². The van der Waals surface area contributed by atoms with Gasteiger partial charge < -0.3 is 10.6 Å². The Morgan fingerprint density at radius 1 is 1.14 bits per heavy atom. The summed E-state index contributed by atoms with van der Waals surface area (Å²) >= 11 is 0. The number of likely N-dealkylation sites (tertiary alicyclic amines) is 1. The number of nitrogens with zero attached hydrogens (tertiary/aromatic N) is 1. The van der Waals surface area contributed by atoms with Crippen molar-refractivity contribution < 1.29 is 4.79 Å². The second kappa shape index (κ2) is 7.10. The van der Waals surface area contributed by atoms with E-state index in [1.807, 2.05) is 0 Å². The molecule has 4 nitrogen and oxygen atoms in total. The van der Waals surface area contributed by atoms with Crippen LogP contribution in [-0.4, -0.2) is 49.6 Å². The van der Waals surface area contributed by atoms with Crippen molar-refractivity contribution in [3.8, 4) is 0 Å². The number of piperidine rings is 2. The molecule has 1 saturated carbocycles. The van der Waals surface area contributed by atoms with Gasteiger partial charge >= 0.3 is 0 Å². The quantitative estimate of drug-likeness (QED) is 0.835. The van der Waals surface area contributed by atoms with Crippen molar-refractivity contribution in [2.45, 2.75) is 63.8 Å². The van der Waals surface area contributed by atoms with Crippen molar-refractivity contribution in [2.24, 2.45) is 5.41 Å². The Labute approximate surface area is 129 Å². The van der Waals surface area contributed by atoms with Crippen molar-refractivity contribution in [3.63, 3.8) is 0 Å². The van der Waals surface area contributed by atoms with Gasteiger partial charge in [-0.3, -0.25) is 9.69 Å². The van der Waals surface area contributed by atoms with Crippen LogP contribution in [0.25, 0.3) is 0 Å². The van der Waals surface area contributed by atoms with Crippen LogP contribution in [0, 0.1) is 5.41 Å². The molecule has 120 valence electrons. The fraction of sp³-hybridized carbons (Fsp3) is 0.941. The van der Waals surface area contributed by atoms with E-state index < -0.39 is 0 Å². The minimum absolute atomic E-state index is 0.253. The molecule has 2 aliphatic heterocycles. The van der Waals surface area contributed by atoms with Crippen LogP contribution in [0.1, 0.15) is 57.8 Å². The highest BCUT2D eigenvalue weighted by atomic mass is 16.2. The first-order chi connectivity index (χ1) is 10.3. The summed E-state index contributed by atoms with van der Waals surface area (Å²) in [7, 11) is 0. The molecule has 0 aromatic carbocycles.